The average molecular weight is 339 g/mol. The van der Waals surface area contributed by atoms with Crippen LogP contribution >= 0.6 is 0 Å². The highest BCUT2D eigenvalue weighted by molar-refractivity contribution is 5.70. The van der Waals surface area contributed by atoms with E-state index < -0.39 is 12.1 Å². The van der Waals surface area contributed by atoms with Gasteiger partial charge in [-0.05, 0) is 36.8 Å². The van der Waals surface area contributed by atoms with Gasteiger partial charge < -0.3 is 15.5 Å². The second-order valence-electron chi connectivity index (χ2n) is 6.80. The van der Waals surface area contributed by atoms with Crippen LogP contribution < -0.4 is 5.32 Å². The van der Waals surface area contributed by atoms with Crippen molar-refractivity contribution in [2.24, 2.45) is 5.92 Å². The van der Waals surface area contributed by atoms with Crippen LogP contribution in [0.4, 0.5) is 0 Å². The standard InChI is InChI=1S/C21H25NO3/c23-20(16-9-5-2-6-10-16)19(15-7-3-1-4-8-15)22-18-13-11-17(12-14-18)21(24)25/h1-10,17-20,22-23H,11-14H2,(H,24,25)/t17?,18?,19-,20+/m0/s1. The van der Waals surface area contributed by atoms with Crippen LogP contribution in [-0.2, 0) is 4.79 Å². The van der Waals surface area contributed by atoms with Crippen LogP contribution in [0.5, 0.6) is 0 Å². The van der Waals surface area contributed by atoms with Crippen molar-refractivity contribution < 1.29 is 15.0 Å². The number of aliphatic hydroxyl groups excluding tert-OH is 1. The van der Waals surface area contributed by atoms with Gasteiger partial charge in [-0.25, -0.2) is 0 Å². The zero-order valence-corrected chi connectivity index (χ0v) is 14.2. The lowest BCUT2D eigenvalue weighted by Gasteiger charge is -2.33. The van der Waals surface area contributed by atoms with E-state index in [4.69, 9.17) is 5.11 Å². The molecule has 0 aromatic heterocycles. The molecule has 0 spiro atoms. The third kappa shape index (κ3) is 4.47. The summed E-state index contributed by atoms with van der Waals surface area (Å²) in [6.07, 6.45) is 2.37. The Labute approximate surface area is 148 Å². The molecule has 2 aromatic carbocycles. The molecule has 1 aliphatic rings. The van der Waals surface area contributed by atoms with E-state index in [9.17, 15) is 9.90 Å². The molecule has 132 valence electrons. The summed E-state index contributed by atoms with van der Waals surface area (Å²) in [6, 6.07) is 19.6. The Kier molecular flexibility index (Phi) is 5.84. The van der Waals surface area contributed by atoms with Crippen molar-refractivity contribution in [1.82, 2.24) is 5.32 Å². The lowest BCUT2D eigenvalue weighted by atomic mass is 9.85. The van der Waals surface area contributed by atoms with E-state index in [1.165, 1.54) is 0 Å². The fraction of sp³-hybridized carbons (Fsp3) is 0.381. The predicted octanol–water partition coefficient (Wildman–Crippen LogP) is 3.69. The molecule has 4 heteroatoms. The number of carboxylic acids is 1. The summed E-state index contributed by atoms with van der Waals surface area (Å²) in [5.74, 6) is -0.922. The number of carboxylic acid groups (broad SMARTS) is 1. The van der Waals surface area contributed by atoms with Gasteiger partial charge in [0.05, 0.1) is 18.1 Å². The summed E-state index contributed by atoms with van der Waals surface area (Å²) in [4.78, 5) is 11.1. The van der Waals surface area contributed by atoms with E-state index in [0.717, 1.165) is 24.0 Å². The van der Waals surface area contributed by atoms with Crippen LogP contribution in [0.15, 0.2) is 60.7 Å². The molecule has 1 aliphatic carbocycles. The molecular weight excluding hydrogens is 314 g/mol. The Hall–Kier alpha value is -2.17. The van der Waals surface area contributed by atoms with Gasteiger partial charge in [0.1, 0.15) is 0 Å². The highest BCUT2D eigenvalue weighted by atomic mass is 16.4. The molecule has 1 saturated carbocycles. The Morgan fingerprint density at radius 1 is 0.880 bits per heavy atom. The number of carbonyl (C=O) groups is 1. The fourth-order valence-electron chi connectivity index (χ4n) is 3.63. The maximum Gasteiger partial charge on any atom is 0.306 e. The summed E-state index contributed by atoms with van der Waals surface area (Å²) in [5, 5.41) is 23.7. The monoisotopic (exact) mass is 339 g/mol. The van der Waals surface area contributed by atoms with Gasteiger partial charge in [-0.1, -0.05) is 60.7 Å². The molecule has 0 aliphatic heterocycles. The van der Waals surface area contributed by atoms with Crippen LogP contribution in [0.1, 0.15) is 49.0 Å². The number of benzene rings is 2. The zero-order chi connectivity index (χ0) is 17.6. The smallest absolute Gasteiger partial charge is 0.306 e. The molecule has 2 aromatic rings. The molecule has 3 rings (SSSR count). The van der Waals surface area contributed by atoms with Gasteiger partial charge in [0.2, 0.25) is 0 Å². The van der Waals surface area contributed by atoms with E-state index in [0.29, 0.717) is 12.8 Å². The van der Waals surface area contributed by atoms with Gasteiger partial charge in [0.25, 0.3) is 0 Å². The summed E-state index contributed by atoms with van der Waals surface area (Å²) < 4.78 is 0. The minimum absolute atomic E-state index is 0.213. The van der Waals surface area contributed by atoms with E-state index in [1.54, 1.807) is 0 Å². The van der Waals surface area contributed by atoms with Crippen LogP contribution in [0, 0.1) is 5.92 Å². The predicted molar refractivity (Wildman–Crippen MR) is 97.1 cm³/mol. The molecule has 0 unspecified atom stereocenters. The zero-order valence-electron chi connectivity index (χ0n) is 14.2. The first kappa shape index (κ1) is 17.6. The van der Waals surface area contributed by atoms with Gasteiger partial charge in [-0.15, -0.1) is 0 Å². The first-order valence-corrected chi connectivity index (χ1v) is 8.92. The Balaban J connectivity index is 1.75. The highest BCUT2D eigenvalue weighted by Crippen LogP contribution is 2.32. The Morgan fingerprint density at radius 2 is 1.40 bits per heavy atom. The summed E-state index contributed by atoms with van der Waals surface area (Å²) in [7, 11) is 0. The first-order valence-electron chi connectivity index (χ1n) is 8.92. The minimum atomic E-state index is -0.692. The number of hydrogen-bond donors (Lipinski definition) is 3. The van der Waals surface area contributed by atoms with Crippen molar-refractivity contribution in [3.63, 3.8) is 0 Å². The maximum atomic E-state index is 11.1. The van der Waals surface area contributed by atoms with Crippen molar-refractivity contribution >= 4 is 5.97 Å². The van der Waals surface area contributed by atoms with E-state index in [1.807, 2.05) is 60.7 Å². The molecule has 2 atom stereocenters. The quantitative estimate of drug-likeness (QED) is 0.751. The molecule has 1 fully saturated rings. The molecule has 0 radical (unpaired) electrons. The molecule has 25 heavy (non-hydrogen) atoms. The molecule has 3 N–H and O–H groups in total. The number of aliphatic carboxylic acids is 1. The topological polar surface area (TPSA) is 69.6 Å². The molecule has 0 bridgehead atoms. The van der Waals surface area contributed by atoms with Crippen LogP contribution in [0.2, 0.25) is 0 Å². The SMILES string of the molecule is O=C(O)C1CCC(N[C@@H](c2ccccc2)[C@H](O)c2ccccc2)CC1. The summed E-state index contributed by atoms with van der Waals surface area (Å²) in [6.45, 7) is 0. The van der Waals surface area contributed by atoms with Gasteiger partial charge in [-0.3, -0.25) is 4.79 Å². The van der Waals surface area contributed by atoms with Crippen LogP contribution in [0.3, 0.4) is 0 Å². The fourth-order valence-corrected chi connectivity index (χ4v) is 3.63. The van der Waals surface area contributed by atoms with E-state index >= 15 is 0 Å². The van der Waals surface area contributed by atoms with Crippen molar-refractivity contribution in [1.29, 1.82) is 0 Å². The van der Waals surface area contributed by atoms with Gasteiger partial charge in [-0.2, -0.15) is 0 Å². The average Bonchev–Trinajstić information content (AvgIpc) is 2.67. The van der Waals surface area contributed by atoms with Crippen molar-refractivity contribution in [3.05, 3.63) is 71.8 Å². The number of rotatable bonds is 6. The third-order valence-corrected chi connectivity index (χ3v) is 5.11. The second kappa shape index (κ2) is 8.28. The molecule has 4 nitrogen and oxygen atoms in total. The first-order chi connectivity index (χ1) is 12.1. The largest absolute Gasteiger partial charge is 0.481 e. The molecule has 0 amide bonds. The number of nitrogens with one attached hydrogen (secondary N) is 1. The minimum Gasteiger partial charge on any atom is -0.481 e. The van der Waals surface area contributed by atoms with Gasteiger partial charge in [0, 0.05) is 6.04 Å². The summed E-state index contributed by atoms with van der Waals surface area (Å²) in [5.41, 5.74) is 1.92. The lowest BCUT2D eigenvalue weighted by Crippen LogP contribution is -2.39. The van der Waals surface area contributed by atoms with Crippen molar-refractivity contribution in [2.45, 2.75) is 43.9 Å². The Bertz CT molecular complexity index is 666. The number of aliphatic hydroxyl groups is 1. The third-order valence-electron chi connectivity index (χ3n) is 5.11. The van der Waals surface area contributed by atoms with Crippen molar-refractivity contribution in [2.75, 3.05) is 0 Å². The molecular formula is C21H25NO3. The Morgan fingerprint density at radius 3 is 1.92 bits per heavy atom. The van der Waals surface area contributed by atoms with Crippen LogP contribution in [-0.4, -0.2) is 22.2 Å². The van der Waals surface area contributed by atoms with Crippen LogP contribution in [0.25, 0.3) is 0 Å². The number of hydrogen-bond acceptors (Lipinski definition) is 3. The van der Waals surface area contributed by atoms with E-state index in [2.05, 4.69) is 5.32 Å². The van der Waals surface area contributed by atoms with E-state index in [-0.39, 0.29) is 18.0 Å². The molecule has 0 saturated heterocycles. The van der Waals surface area contributed by atoms with Crippen molar-refractivity contribution in [3.8, 4) is 0 Å². The second-order valence-corrected chi connectivity index (χ2v) is 6.80. The highest BCUT2D eigenvalue weighted by Gasteiger charge is 2.30. The molecule has 0 heterocycles. The maximum absolute atomic E-state index is 11.1. The lowest BCUT2D eigenvalue weighted by molar-refractivity contribution is -0.142. The van der Waals surface area contributed by atoms with Gasteiger partial charge >= 0.3 is 5.97 Å². The summed E-state index contributed by atoms with van der Waals surface area (Å²) >= 11 is 0. The normalized spacial score (nSPS) is 22.9. The van der Waals surface area contributed by atoms with Gasteiger partial charge in [0.15, 0.2) is 0 Å².